The third-order valence-corrected chi connectivity index (χ3v) is 3.34. The third kappa shape index (κ3) is 2.60. The van der Waals surface area contributed by atoms with Crippen LogP contribution in [0.5, 0.6) is 0 Å². The predicted molar refractivity (Wildman–Crippen MR) is 70.8 cm³/mol. The Hall–Kier alpha value is -1.52. The van der Waals surface area contributed by atoms with Crippen LogP contribution in [0.15, 0.2) is 29.0 Å². The van der Waals surface area contributed by atoms with E-state index in [9.17, 15) is 4.79 Å². The van der Waals surface area contributed by atoms with Crippen molar-refractivity contribution in [1.82, 2.24) is 0 Å². The van der Waals surface area contributed by atoms with Crippen LogP contribution < -0.4 is 5.32 Å². The first kappa shape index (κ1) is 12.0. The highest BCUT2D eigenvalue weighted by molar-refractivity contribution is 7.08. The fourth-order valence-corrected chi connectivity index (χ4v) is 2.46. The molecule has 0 atom stereocenters. The van der Waals surface area contributed by atoms with E-state index in [1.165, 1.54) is 11.3 Å². The number of hydrogen-bond acceptors (Lipinski definition) is 3. The van der Waals surface area contributed by atoms with Crippen molar-refractivity contribution in [3.63, 3.8) is 0 Å². The van der Waals surface area contributed by atoms with E-state index in [2.05, 4.69) is 5.32 Å². The summed E-state index contributed by atoms with van der Waals surface area (Å²) in [5.41, 5.74) is 2.59. The van der Waals surface area contributed by atoms with Gasteiger partial charge in [-0.3, -0.25) is 0 Å². The number of carbonyl (C=O) groups is 1. The number of aryl methyl sites for hydroxylation is 1. The first-order valence-corrected chi connectivity index (χ1v) is 6.22. The summed E-state index contributed by atoms with van der Waals surface area (Å²) in [7, 11) is 0. The number of carboxylic acid groups (broad SMARTS) is 1. The second-order valence-electron chi connectivity index (χ2n) is 3.61. The second kappa shape index (κ2) is 4.77. The van der Waals surface area contributed by atoms with E-state index in [1.807, 2.05) is 25.1 Å². The number of halogens is 1. The maximum atomic E-state index is 10.9. The van der Waals surface area contributed by atoms with Gasteiger partial charge in [-0.15, -0.1) is 11.3 Å². The van der Waals surface area contributed by atoms with Crippen molar-refractivity contribution in [2.24, 2.45) is 0 Å². The summed E-state index contributed by atoms with van der Waals surface area (Å²) in [5, 5.41) is 15.9. The number of anilines is 2. The summed E-state index contributed by atoms with van der Waals surface area (Å²) in [5.74, 6) is -0.947. The zero-order chi connectivity index (χ0) is 12.4. The molecular weight excluding hydrogens is 258 g/mol. The molecule has 5 heteroatoms. The zero-order valence-electron chi connectivity index (χ0n) is 9.03. The molecule has 0 saturated carbocycles. The van der Waals surface area contributed by atoms with Gasteiger partial charge >= 0.3 is 5.97 Å². The van der Waals surface area contributed by atoms with Crippen LogP contribution >= 0.6 is 22.9 Å². The summed E-state index contributed by atoms with van der Waals surface area (Å²) in [4.78, 5) is 10.9. The van der Waals surface area contributed by atoms with Crippen LogP contribution in [0.1, 0.15) is 15.9 Å². The van der Waals surface area contributed by atoms with Crippen molar-refractivity contribution >= 4 is 40.3 Å². The Morgan fingerprint density at radius 3 is 2.76 bits per heavy atom. The summed E-state index contributed by atoms with van der Waals surface area (Å²) in [6, 6.07) is 5.58. The average molecular weight is 268 g/mol. The molecule has 2 rings (SSSR count). The molecule has 0 aliphatic carbocycles. The van der Waals surface area contributed by atoms with Crippen LogP contribution in [0.2, 0.25) is 5.02 Å². The minimum absolute atomic E-state index is 0.256. The molecule has 3 nitrogen and oxygen atoms in total. The maximum Gasteiger partial charge on any atom is 0.338 e. The van der Waals surface area contributed by atoms with E-state index in [4.69, 9.17) is 16.7 Å². The van der Waals surface area contributed by atoms with Crippen LogP contribution in [0.4, 0.5) is 11.4 Å². The van der Waals surface area contributed by atoms with Gasteiger partial charge in [-0.2, -0.15) is 0 Å². The lowest BCUT2D eigenvalue weighted by molar-refractivity contribution is 0.0698. The van der Waals surface area contributed by atoms with Crippen molar-refractivity contribution in [2.75, 3.05) is 5.32 Å². The van der Waals surface area contributed by atoms with Crippen LogP contribution in [0.3, 0.4) is 0 Å². The Morgan fingerprint density at radius 2 is 2.12 bits per heavy atom. The smallest absolute Gasteiger partial charge is 0.338 e. The summed E-state index contributed by atoms with van der Waals surface area (Å²) >= 11 is 7.41. The van der Waals surface area contributed by atoms with Crippen LogP contribution in [0, 0.1) is 6.92 Å². The summed E-state index contributed by atoms with van der Waals surface area (Å²) < 4.78 is 0. The Morgan fingerprint density at radius 1 is 1.35 bits per heavy atom. The molecule has 0 radical (unpaired) electrons. The molecule has 0 aliphatic rings. The van der Waals surface area contributed by atoms with Crippen LogP contribution in [-0.2, 0) is 0 Å². The lowest BCUT2D eigenvalue weighted by atomic mass is 10.2. The van der Waals surface area contributed by atoms with E-state index >= 15 is 0 Å². The Bertz CT molecular complexity index is 565. The van der Waals surface area contributed by atoms with Gasteiger partial charge in [0.1, 0.15) is 0 Å². The molecule has 0 spiro atoms. The molecule has 0 saturated heterocycles. The van der Waals surface area contributed by atoms with E-state index in [0.717, 1.165) is 5.56 Å². The quantitative estimate of drug-likeness (QED) is 0.878. The molecule has 0 fully saturated rings. The zero-order valence-corrected chi connectivity index (χ0v) is 10.6. The SMILES string of the molecule is Cc1ccc(Nc2cscc2C(=O)O)c(Cl)c1. The van der Waals surface area contributed by atoms with Crippen molar-refractivity contribution in [3.8, 4) is 0 Å². The fraction of sp³-hybridized carbons (Fsp3) is 0.0833. The van der Waals surface area contributed by atoms with Gasteiger partial charge in [0, 0.05) is 10.8 Å². The third-order valence-electron chi connectivity index (χ3n) is 2.29. The highest BCUT2D eigenvalue weighted by Gasteiger charge is 2.12. The van der Waals surface area contributed by atoms with E-state index in [1.54, 1.807) is 10.8 Å². The number of carboxylic acids is 1. The molecule has 2 aromatic rings. The molecule has 1 heterocycles. The molecule has 1 aromatic heterocycles. The lowest BCUT2D eigenvalue weighted by Gasteiger charge is -2.08. The minimum Gasteiger partial charge on any atom is -0.478 e. The summed E-state index contributed by atoms with van der Waals surface area (Å²) in [6.45, 7) is 1.95. The number of nitrogens with one attached hydrogen (secondary N) is 1. The van der Waals surface area contributed by atoms with Crippen molar-refractivity contribution in [1.29, 1.82) is 0 Å². The number of rotatable bonds is 3. The van der Waals surface area contributed by atoms with Gasteiger partial charge in [-0.25, -0.2) is 4.79 Å². The predicted octanol–water partition coefficient (Wildman–Crippen LogP) is 4.15. The van der Waals surface area contributed by atoms with E-state index in [-0.39, 0.29) is 5.56 Å². The molecule has 0 aliphatic heterocycles. The molecule has 0 amide bonds. The van der Waals surface area contributed by atoms with Gasteiger partial charge in [-0.05, 0) is 24.6 Å². The topological polar surface area (TPSA) is 49.3 Å². The van der Waals surface area contributed by atoms with Crippen molar-refractivity contribution in [2.45, 2.75) is 6.92 Å². The first-order valence-electron chi connectivity index (χ1n) is 4.90. The fourth-order valence-electron chi connectivity index (χ4n) is 1.43. The Balaban J connectivity index is 2.31. The van der Waals surface area contributed by atoms with Gasteiger partial charge in [0.15, 0.2) is 0 Å². The van der Waals surface area contributed by atoms with E-state index < -0.39 is 5.97 Å². The highest BCUT2D eigenvalue weighted by atomic mass is 35.5. The molecule has 88 valence electrons. The summed E-state index contributed by atoms with van der Waals surface area (Å²) in [6.07, 6.45) is 0. The Labute approximate surface area is 108 Å². The molecular formula is C12H10ClNO2S. The Kier molecular flexibility index (Phi) is 3.36. The molecule has 2 N–H and O–H groups in total. The molecule has 1 aromatic carbocycles. The number of benzene rings is 1. The van der Waals surface area contributed by atoms with E-state index in [0.29, 0.717) is 16.4 Å². The normalized spacial score (nSPS) is 10.2. The van der Waals surface area contributed by atoms with Gasteiger partial charge in [0.2, 0.25) is 0 Å². The average Bonchev–Trinajstić information content (AvgIpc) is 2.70. The van der Waals surface area contributed by atoms with Crippen LogP contribution in [-0.4, -0.2) is 11.1 Å². The first-order chi connectivity index (χ1) is 8.08. The standard InChI is InChI=1S/C12H10ClNO2S/c1-7-2-3-10(9(13)4-7)14-11-6-17-5-8(11)12(15)16/h2-6,14H,1H3,(H,15,16). The van der Waals surface area contributed by atoms with Crippen molar-refractivity contribution < 1.29 is 9.90 Å². The van der Waals surface area contributed by atoms with Gasteiger partial charge in [-0.1, -0.05) is 17.7 Å². The number of aromatic carboxylic acids is 1. The minimum atomic E-state index is -0.947. The van der Waals surface area contributed by atoms with Crippen LogP contribution in [0.25, 0.3) is 0 Å². The van der Waals surface area contributed by atoms with Gasteiger partial charge < -0.3 is 10.4 Å². The van der Waals surface area contributed by atoms with Gasteiger partial charge in [0.25, 0.3) is 0 Å². The number of hydrogen-bond donors (Lipinski definition) is 2. The molecule has 0 unspecified atom stereocenters. The molecule has 17 heavy (non-hydrogen) atoms. The lowest BCUT2D eigenvalue weighted by Crippen LogP contribution is -1.99. The second-order valence-corrected chi connectivity index (χ2v) is 4.76. The highest BCUT2D eigenvalue weighted by Crippen LogP contribution is 2.29. The monoisotopic (exact) mass is 267 g/mol. The largest absolute Gasteiger partial charge is 0.478 e. The number of thiophene rings is 1. The molecule has 0 bridgehead atoms. The maximum absolute atomic E-state index is 10.9. The van der Waals surface area contributed by atoms with Crippen molar-refractivity contribution in [3.05, 3.63) is 45.1 Å². The van der Waals surface area contributed by atoms with Gasteiger partial charge in [0.05, 0.1) is 22.0 Å².